The highest BCUT2D eigenvalue weighted by Gasteiger charge is 2.25. The minimum Gasteiger partial charge on any atom is -0.311 e. The molecule has 11 rings (SSSR count). The lowest BCUT2D eigenvalue weighted by molar-refractivity contribution is 0.730. The fraction of sp³-hybridized carbons (Fsp3) is 0.0800. The van der Waals surface area contributed by atoms with Gasteiger partial charge >= 0.3 is 0 Å². The molecular formula is C50H36N8. The summed E-state index contributed by atoms with van der Waals surface area (Å²) in [6, 6.07) is 42.3. The van der Waals surface area contributed by atoms with Crippen LogP contribution < -0.4 is 0 Å². The van der Waals surface area contributed by atoms with Crippen LogP contribution in [0.4, 0.5) is 0 Å². The molecule has 5 aromatic carbocycles. The zero-order valence-corrected chi connectivity index (χ0v) is 32.0. The second-order valence-corrected chi connectivity index (χ2v) is 15.0. The van der Waals surface area contributed by atoms with Gasteiger partial charge in [-0.3, -0.25) is 4.57 Å². The predicted octanol–water partition coefficient (Wildman–Crippen LogP) is 11.7. The molecule has 1 aliphatic rings. The molecule has 10 aromatic rings. The third kappa shape index (κ3) is 5.60. The molecule has 0 saturated carbocycles. The lowest BCUT2D eigenvalue weighted by Gasteiger charge is -2.19. The van der Waals surface area contributed by atoms with Crippen molar-refractivity contribution in [2.45, 2.75) is 20.3 Å². The summed E-state index contributed by atoms with van der Waals surface area (Å²) in [6.45, 7) is 4.38. The second kappa shape index (κ2) is 13.6. The normalized spacial score (nSPS) is 14.2. The fourth-order valence-corrected chi connectivity index (χ4v) is 8.43. The van der Waals surface area contributed by atoms with Gasteiger partial charge in [-0.2, -0.15) is 0 Å². The maximum atomic E-state index is 5.43. The molecule has 0 radical (unpaired) electrons. The molecule has 1 aliphatic carbocycles. The second-order valence-electron chi connectivity index (χ2n) is 15.0. The van der Waals surface area contributed by atoms with Crippen LogP contribution in [0.15, 0.2) is 164 Å². The zero-order valence-electron chi connectivity index (χ0n) is 32.0. The molecular weight excluding hydrogens is 713 g/mol. The summed E-state index contributed by atoms with van der Waals surface area (Å²) >= 11 is 0. The van der Waals surface area contributed by atoms with E-state index < -0.39 is 0 Å². The minimum absolute atomic E-state index is 0.380. The third-order valence-corrected chi connectivity index (χ3v) is 11.2. The van der Waals surface area contributed by atoms with E-state index in [1.807, 2.05) is 18.2 Å². The van der Waals surface area contributed by atoms with Gasteiger partial charge in [0, 0.05) is 74.3 Å². The van der Waals surface area contributed by atoms with Crippen molar-refractivity contribution in [1.29, 1.82) is 0 Å². The van der Waals surface area contributed by atoms with Crippen molar-refractivity contribution in [2.24, 2.45) is 5.92 Å². The van der Waals surface area contributed by atoms with Crippen molar-refractivity contribution in [3.63, 3.8) is 0 Å². The van der Waals surface area contributed by atoms with E-state index in [1.165, 1.54) is 11.3 Å². The number of aryl methyl sites for hydroxylation is 1. The topological polar surface area (TPSA) is 87.2 Å². The van der Waals surface area contributed by atoms with Crippen molar-refractivity contribution < 1.29 is 0 Å². The van der Waals surface area contributed by atoms with Crippen molar-refractivity contribution in [3.05, 3.63) is 170 Å². The summed E-state index contributed by atoms with van der Waals surface area (Å²) < 4.78 is 4.73. The highest BCUT2D eigenvalue weighted by Crippen LogP contribution is 2.44. The van der Waals surface area contributed by atoms with Gasteiger partial charge in [-0.25, -0.2) is 29.9 Å². The number of allylic oxidation sites excluding steroid dienone is 4. The van der Waals surface area contributed by atoms with E-state index in [9.17, 15) is 0 Å². The van der Waals surface area contributed by atoms with Gasteiger partial charge < -0.3 is 4.57 Å². The van der Waals surface area contributed by atoms with Crippen LogP contribution in [0.2, 0.25) is 0 Å². The van der Waals surface area contributed by atoms with Gasteiger partial charge in [0.25, 0.3) is 0 Å². The maximum Gasteiger partial charge on any atom is 0.235 e. The van der Waals surface area contributed by atoms with Crippen LogP contribution in [0.1, 0.15) is 18.9 Å². The van der Waals surface area contributed by atoms with Crippen molar-refractivity contribution >= 4 is 49.3 Å². The van der Waals surface area contributed by atoms with Gasteiger partial charge in [0.1, 0.15) is 0 Å². The summed E-state index contributed by atoms with van der Waals surface area (Å²) in [7, 11) is 0. The van der Waals surface area contributed by atoms with Crippen LogP contribution in [0.3, 0.4) is 0 Å². The molecule has 0 spiro atoms. The fourth-order valence-electron chi connectivity index (χ4n) is 8.43. The summed E-state index contributed by atoms with van der Waals surface area (Å²) in [5.41, 5.74) is 12.3. The smallest absolute Gasteiger partial charge is 0.235 e. The molecule has 1 unspecified atom stereocenters. The number of rotatable bonds is 6. The van der Waals surface area contributed by atoms with Gasteiger partial charge in [0.05, 0.1) is 33.5 Å². The molecule has 58 heavy (non-hydrogen) atoms. The molecule has 0 fully saturated rings. The Labute approximate surface area is 334 Å². The molecule has 5 heterocycles. The third-order valence-electron chi connectivity index (χ3n) is 11.2. The number of nitrogens with zero attached hydrogens (tertiary/aromatic N) is 8. The lowest BCUT2D eigenvalue weighted by atomic mass is 10.00. The Hall–Kier alpha value is -7.58. The summed E-state index contributed by atoms with van der Waals surface area (Å²) in [4.78, 5) is 29.3. The first-order chi connectivity index (χ1) is 28.6. The number of aromatic nitrogens is 8. The maximum absolute atomic E-state index is 5.43. The quantitative estimate of drug-likeness (QED) is 0.168. The van der Waals surface area contributed by atoms with Crippen LogP contribution in [0.25, 0.3) is 101 Å². The van der Waals surface area contributed by atoms with Crippen LogP contribution in [0, 0.1) is 12.8 Å². The highest BCUT2D eigenvalue weighted by molar-refractivity contribution is 6.24. The highest BCUT2D eigenvalue weighted by atomic mass is 15.2. The number of hydrogen-bond donors (Lipinski definition) is 0. The van der Waals surface area contributed by atoms with E-state index in [1.54, 1.807) is 24.8 Å². The van der Waals surface area contributed by atoms with E-state index in [0.29, 0.717) is 23.5 Å². The largest absolute Gasteiger partial charge is 0.311 e. The Bertz CT molecular complexity index is 3250. The van der Waals surface area contributed by atoms with Crippen LogP contribution >= 0.6 is 0 Å². The van der Waals surface area contributed by atoms with Gasteiger partial charge in [-0.1, -0.05) is 91.4 Å². The van der Waals surface area contributed by atoms with E-state index in [4.69, 9.17) is 9.97 Å². The molecule has 1 atom stereocenters. The Morgan fingerprint density at radius 3 is 1.64 bits per heavy atom. The van der Waals surface area contributed by atoms with Crippen molar-refractivity contribution in [2.75, 3.05) is 0 Å². The minimum atomic E-state index is 0.380. The molecule has 0 aliphatic heterocycles. The van der Waals surface area contributed by atoms with Gasteiger partial charge in [0.2, 0.25) is 5.95 Å². The van der Waals surface area contributed by atoms with Crippen LogP contribution in [0.5, 0.6) is 0 Å². The van der Waals surface area contributed by atoms with Crippen molar-refractivity contribution in [3.8, 4) is 51.2 Å². The van der Waals surface area contributed by atoms with Gasteiger partial charge in [-0.15, -0.1) is 0 Å². The standard InChI is InChI=1S/C50H36N8/c1-31-13-15-34(16-14-31)43-30-42(33-10-4-3-5-11-33)55-50(56-43)58-45-22-18-36(49-53-25-8-26-54-49)29-41(45)39-20-19-38-40-28-35(48-51-23-7-24-52-48)17-21-44(40)57(46(38)47(39)58)37-12-6-9-32(2)27-37/h3-26,28-30,32H,27H2,1-2H3. The summed E-state index contributed by atoms with van der Waals surface area (Å²) in [5, 5.41) is 4.39. The Balaban J connectivity index is 1.30. The first-order valence-corrected chi connectivity index (χ1v) is 19.6. The first-order valence-electron chi connectivity index (χ1n) is 19.6. The molecule has 276 valence electrons. The summed E-state index contributed by atoms with van der Waals surface area (Å²) in [6.07, 6.45) is 14.8. The average Bonchev–Trinajstić information content (AvgIpc) is 3.80. The predicted molar refractivity (Wildman–Crippen MR) is 234 cm³/mol. The lowest BCUT2D eigenvalue weighted by Crippen LogP contribution is -2.07. The SMILES string of the molecule is Cc1ccc(-c2cc(-c3ccccc3)nc(-n3c4ccc(-c5ncccn5)cc4c4ccc5c6cc(-c7ncccn7)ccc6n(C6=CC=CC(C)C6)c5c43)n2)cc1. The molecule has 0 bridgehead atoms. The number of hydrogen-bond acceptors (Lipinski definition) is 6. The Morgan fingerprint density at radius 1 is 0.517 bits per heavy atom. The molecule has 5 aromatic heterocycles. The van der Waals surface area contributed by atoms with E-state index >= 15 is 0 Å². The summed E-state index contributed by atoms with van der Waals surface area (Å²) in [5.74, 6) is 2.34. The number of benzene rings is 5. The van der Waals surface area contributed by atoms with E-state index in [-0.39, 0.29) is 0 Å². The Morgan fingerprint density at radius 2 is 1.05 bits per heavy atom. The van der Waals surface area contributed by atoms with Gasteiger partial charge in [0.15, 0.2) is 11.6 Å². The van der Waals surface area contributed by atoms with Gasteiger partial charge in [-0.05, 0) is 79.9 Å². The van der Waals surface area contributed by atoms with Crippen LogP contribution in [-0.2, 0) is 0 Å². The Kier molecular flexibility index (Phi) is 7.89. The van der Waals surface area contributed by atoms with Crippen molar-refractivity contribution in [1.82, 2.24) is 39.0 Å². The molecule has 8 heteroatoms. The number of fused-ring (bicyclic) bond motifs is 7. The monoisotopic (exact) mass is 748 g/mol. The first kappa shape index (κ1) is 33.7. The molecule has 0 amide bonds. The molecule has 0 saturated heterocycles. The molecule has 8 nitrogen and oxygen atoms in total. The molecule has 0 N–H and O–H groups in total. The average molecular weight is 749 g/mol. The zero-order chi connectivity index (χ0) is 38.7. The van der Waals surface area contributed by atoms with Crippen LogP contribution in [-0.4, -0.2) is 39.0 Å². The van der Waals surface area contributed by atoms with E-state index in [0.717, 1.165) is 83.7 Å². The van der Waals surface area contributed by atoms with E-state index in [2.05, 4.69) is 164 Å².